The maximum atomic E-state index is 12.2. The highest BCUT2D eigenvalue weighted by Gasteiger charge is 2.22. The highest BCUT2D eigenvalue weighted by atomic mass is 16.2. The van der Waals surface area contributed by atoms with Crippen LogP contribution in [0.2, 0.25) is 0 Å². The number of rotatable bonds is 2. The summed E-state index contributed by atoms with van der Waals surface area (Å²) in [5.41, 5.74) is 0.658. The molecule has 1 N–H and O–H groups in total. The Morgan fingerprint density at radius 3 is 2.65 bits per heavy atom. The van der Waals surface area contributed by atoms with E-state index in [0.717, 1.165) is 31.8 Å². The summed E-state index contributed by atoms with van der Waals surface area (Å²) in [6, 6.07) is -0.0399. The summed E-state index contributed by atoms with van der Waals surface area (Å²) in [6.45, 7) is 8.03. The Balaban J connectivity index is 1.90. The van der Waals surface area contributed by atoms with Gasteiger partial charge in [-0.3, -0.25) is 0 Å². The fourth-order valence-electron chi connectivity index (χ4n) is 2.65. The molecule has 5 nitrogen and oxygen atoms in total. The van der Waals surface area contributed by atoms with E-state index in [1.54, 1.807) is 12.4 Å². The first-order chi connectivity index (χ1) is 9.56. The molecule has 2 amide bonds. The van der Waals surface area contributed by atoms with Gasteiger partial charge in [-0.05, 0) is 38.0 Å². The van der Waals surface area contributed by atoms with Gasteiger partial charge in [-0.25, -0.2) is 14.8 Å². The van der Waals surface area contributed by atoms with Crippen LogP contribution in [0.1, 0.15) is 38.9 Å². The molecule has 2 heterocycles. The molecule has 1 aromatic rings. The van der Waals surface area contributed by atoms with Crippen molar-refractivity contribution in [2.24, 2.45) is 11.8 Å². The van der Waals surface area contributed by atoms with Crippen molar-refractivity contribution in [1.29, 1.82) is 0 Å². The van der Waals surface area contributed by atoms with Crippen LogP contribution in [0.3, 0.4) is 0 Å². The first-order valence-electron chi connectivity index (χ1n) is 7.41. The number of nitrogens with one attached hydrogen (secondary N) is 1. The molecule has 1 atom stereocenters. The van der Waals surface area contributed by atoms with Gasteiger partial charge in [-0.15, -0.1) is 0 Å². The predicted molar refractivity (Wildman–Crippen MR) is 79.5 cm³/mol. The normalized spacial score (nSPS) is 19.8. The zero-order valence-corrected chi connectivity index (χ0v) is 12.6. The second kappa shape index (κ2) is 6.68. The summed E-state index contributed by atoms with van der Waals surface area (Å²) in [5.74, 6) is 2.14. The van der Waals surface area contributed by atoms with E-state index in [2.05, 4.69) is 29.1 Å². The fraction of sp³-hybridized carbons (Fsp3) is 0.667. The molecule has 2 rings (SSSR count). The zero-order valence-electron chi connectivity index (χ0n) is 12.6. The first kappa shape index (κ1) is 14.8. The number of hydrogen-bond donors (Lipinski definition) is 1. The summed E-state index contributed by atoms with van der Waals surface area (Å²) in [4.78, 5) is 22.3. The maximum Gasteiger partial charge on any atom is 0.321 e. The van der Waals surface area contributed by atoms with E-state index in [0.29, 0.717) is 17.4 Å². The van der Waals surface area contributed by atoms with Gasteiger partial charge in [0.05, 0.1) is 18.1 Å². The van der Waals surface area contributed by atoms with E-state index in [-0.39, 0.29) is 6.03 Å². The van der Waals surface area contributed by atoms with Crippen molar-refractivity contribution < 1.29 is 4.79 Å². The van der Waals surface area contributed by atoms with Crippen LogP contribution in [0.5, 0.6) is 0 Å². The Hall–Kier alpha value is -1.65. The molecule has 1 aromatic heterocycles. The molecule has 110 valence electrons. The quantitative estimate of drug-likeness (QED) is 0.903. The van der Waals surface area contributed by atoms with Crippen molar-refractivity contribution in [2.75, 3.05) is 18.4 Å². The number of urea groups is 1. The van der Waals surface area contributed by atoms with E-state index >= 15 is 0 Å². The number of amides is 2. The van der Waals surface area contributed by atoms with Crippen LogP contribution in [-0.2, 0) is 0 Å². The minimum absolute atomic E-state index is 0.0399. The molecule has 0 aliphatic carbocycles. The average molecular weight is 276 g/mol. The van der Waals surface area contributed by atoms with Crippen LogP contribution >= 0.6 is 0 Å². The monoisotopic (exact) mass is 276 g/mol. The molecule has 0 spiro atoms. The maximum absolute atomic E-state index is 12.2. The number of carbonyl (C=O) groups is 1. The Morgan fingerprint density at radius 2 is 2.00 bits per heavy atom. The van der Waals surface area contributed by atoms with Gasteiger partial charge in [-0.1, -0.05) is 13.8 Å². The number of nitrogens with zero attached hydrogens (tertiary/aromatic N) is 3. The topological polar surface area (TPSA) is 58.1 Å². The number of aromatic nitrogens is 2. The fourth-order valence-corrected chi connectivity index (χ4v) is 2.65. The Morgan fingerprint density at radius 1 is 1.30 bits per heavy atom. The lowest BCUT2D eigenvalue weighted by Crippen LogP contribution is -2.35. The molecule has 1 aliphatic rings. The van der Waals surface area contributed by atoms with Gasteiger partial charge >= 0.3 is 6.03 Å². The molecular formula is C15H24N4O. The van der Waals surface area contributed by atoms with E-state index in [9.17, 15) is 4.79 Å². The van der Waals surface area contributed by atoms with Crippen molar-refractivity contribution in [2.45, 2.75) is 40.0 Å². The predicted octanol–water partition coefficient (Wildman–Crippen LogP) is 3.08. The molecule has 5 heteroatoms. The zero-order chi connectivity index (χ0) is 14.5. The molecular weight excluding hydrogens is 252 g/mol. The van der Waals surface area contributed by atoms with Crippen LogP contribution < -0.4 is 5.32 Å². The summed E-state index contributed by atoms with van der Waals surface area (Å²) < 4.78 is 0. The molecule has 0 radical (unpaired) electrons. The molecule has 0 aromatic carbocycles. The SMILES string of the molecule is Cc1ncc(NC(=O)N2CCCC(C(C)C)CC2)cn1. The van der Waals surface area contributed by atoms with Gasteiger partial charge in [0.2, 0.25) is 0 Å². The highest BCUT2D eigenvalue weighted by Crippen LogP contribution is 2.24. The van der Waals surface area contributed by atoms with Crippen molar-refractivity contribution in [3.63, 3.8) is 0 Å². The highest BCUT2D eigenvalue weighted by molar-refractivity contribution is 5.88. The second-order valence-corrected chi connectivity index (χ2v) is 5.87. The number of likely N-dealkylation sites (tertiary alicyclic amines) is 1. The van der Waals surface area contributed by atoms with Crippen molar-refractivity contribution >= 4 is 11.7 Å². The van der Waals surface area contributed by atoms with E-state index in [1.807, 2.05) is 11.8 Å². The Bertz CT molecular complexity index is 444. The number of carbonyl (C=O) groups excluding carboxylic acids is 1. The van der Waals surface area contributed by atoms with Crippen molar-refractivity contribution in [3.05, 3.63) is 18.2 Å². The summed E-state index contributed by atoms with van der Waals surface area (Å²) in [5, 5.41) is 2.87. The number of anilines is 1. The molecule has 1 aliphatic heterocycles. The molecule has 0 bridgehead atoms. The minimum atomic E-state index is -0.0399. The third-order valence-corrected chi connectivity index (χ3v) is 4.03. The molecule has 0 saturated carbocycles. The van der Waals surface area contributed by atoms with Crippen molar-refractivity contribution in [1.82, 2.24) is 14.9 Å². The first-order valence-corrected chi connectivity index (χ1v) is 7.41. The van der Waals surface area contributed by atoms with Gasteiger partial charge in [0.1, 0.15) is 5.82 Å². The lowest BCUT2D eigenvalue weighted by molar-refractivity contribution is 0.212. The van der Waals surface area contributed by atoms with E-state index in [4.69, 9.17) is 0 Å². The van der Waals surface area contributed by atoms with Gasteiger partial charge < -0.3 is 10.2 Å². The number of hydrogen-bond acceptors (Lipinski definition) is 3. The molecule has 20 heavy (non-hydrogen) atoms. The smallest absolute Gasteiger partial charge is 0.321 e. The van der Waals surface area contributed by atoms with Crippen molar-refractivity contribution in [3.8, 4) is 0 Å². The van der Waals surface area contributed by atoms with Gasteiger partial charge in [-0.2, -0.15) is 0 Å². The Kier molecular flexibility index (Phi) is 4.93. The second-order valence-electron chi connectivity index (χ2n) is 5.87. The lowest BCUT2D eigenvalue weighted by atomic mass is 9.89. The summed E-state index contributed by atoms with van der Waals surface area (Å²) >= 11 is 0. The Labute approximate surface area is 120 Å². The third-order valence-electron chi connectivity index (χ3n) is 4.03. The van der Waals surface area contributed by atoms with Crippen LogP contribution in [0.15, 0.2) is 12.4 Å². The van der Waals surface area contributed by atoms with E-state index in [1.165, 1.54) is 6.42 Å². The van der Waals surface area contributed by atoms with Gasteiger partial charge in [0.25, 0.3) is 0 Å². The largest absolute Gasteiger partial charge is 0.325 e. The minimum Gasteiger partial charge on any atom is -0.325 e. The standard InChI is InChI=1S/C15H24N4O/c1-11(2)13-5-4-7-19(8-6-13)15(20)18-14-9-16-12(3)17-10-14/h9-11,13H,4-8H2,1-3H3,(H,18,20). The molecule has 1 saturated heterocycles. The number of aryl methyl sites for hydroxylation is 1. The summed E-state index contributed by atoms with van der Waals surface area (Å²) in [6.07, 6.45) is 6.69. The summed E-state index contributed by atoms with van der Waals surface area (Å²) in [7, 11) is 0. The van der Waals surface area contributed by atoms with Crippen LogP contribution in [0.25, 0.3) is 0 Å². The van der Waals surface area contributed by atoms with Crippen LogP contribution in [0, 0.1) is 18.8 Å². The lowest BCUT2D eigenvalue weighted by Gasteiger charge is -2.21. The van der Waals surface area contributed by atoms with E-state index < -0.39 is 0 Å². The van der Waals surface area contributed by atoms with Crippen LogP contribution in [0.4, 0.5) is 10.5 Å². The third kappa shape index (κ3) is 3.92. The van der Waals surface area contributed by atoms with Gasteiger partial charge in [0, 0.05) is 13.1 Å². The molecule has 1 unspecified atom stereocenters. The van der Waals surface area contributed by atoms with Crippen LogP contribution in [-0.4, -0.2) is 34.0 Å². The van der Waals surface area contributed by atoms with Gasteiger partial charge in [0.15, 0.2) is 0 Å². The average Bonchev–Trinajstić information content (AvgIpc) is 2.67. The molecule has 1 fully saturated rings.